The van der Waals surface area contributed by atoms with Gasteiger partial charge in [-0.3, -0.25) is 67.6 Å². The van der Waals surface area contributed by atoms with Gasteiger partial charge in [-0.15, -0.1) is 25.1 Å². The maximum absolute atomic E-state index is 12.4. The lowest BCUT2D eigenvalue weighted by atomic mass is 9.90. The Hall–Kier alpha value is -16.2. The quantitative estimate of drug-likeness (QED) is 0.0398. The lowest BCUT2D eigenvalue weighted by Gasteiger charge is -2.11. The average Bonchev–Trinajstić information content (AvgIpc) is 1.51. The Bertz CT molecular complexity index is 6560. The molecule has 6 aromatic heterocycles. The number of aromatic amines is 2. The summed E-state index contributed by atoms with van der Waals surface area (Å²) < 4.78 is 3.21. The third kappa shape index (κ3) is 14.0. The monoisotopic (exact) mass is 1580 g/mol. The topological polar surface area (TPSA) is 462 Å². The lowest BCUT2D eigenvalue weighted by Crippen LogP contribution is -2.44. The largest absolute Gasteiger partial charge is 0.399 e. The van der Waals surface area contributed by atoms with Crippen molar-refractivity contribution in [3.8, 4) is 67.5 Å². The number of Topliss-reactive ketones (excluding diaryl/α,β-unsaturated/α-hetero) is 12. The van der Waals surface area contributed by atoms with E-state index in [4.69, 9.17) is 5.73 Å². The van der Waals surface area contributed by atoms with E-state index in [0.717, 1.165) is 22.8 Å². The Kier molecular flexibility index (Phi) is 20.6. The van der Waals surface area contributed by atoms with Crippen molar-refractivity contribution in [1.29, 1.82) is 0 Å². The highest BCUT2D eigenvalue weighted by molar-refractivity contribution is 6.55. The summed E-state index contributed by atoms with van der Waals surface area (Å²) in [5, 5.41) is 58.3. The van der Waals surface area contributed by atoms with Crippen LogP contribution in [0, 0.1) is 10.1 Å². The molecule has 118 heavy (non-hydrogen) atoms. The molecule has 6 heterocycles. The van der Waals surface area contributed by atoms with E-state index < -0.39 is 74.3 Å². The van der Waals surface area contributed by atoms with Gasteiger partial charge < -0.3 is 5.73 Å². The van der Waals surface area contributed by atoms with Crippen LogP contribution in [0.1, 0.15) is 190 Å². The number of rotatable bonds is 9. The van der Waals surface area contributed by atoms with Gasteiger partial charge in [0.05, 0.1) is 30.1 Å². The molecule has 6 aliphatic rings. The molecule has 14 aromatic rings. The van der Waals surface area contributed by atoms with Gasteiger partial charge in [0, 0.05) is 94.8 Å². The van der Waals surface area contributed by atoms with E-state index in [9.17, 15) is 67.6 Å². The minimum absolute atomic E-state index is 0.00231. The number of non-ortho nitro benzene ring substituents is 1. The van der Waals surface area contributed by atoms with Crippen molar-refractivity contribution in [3.63, 3.8) is 0 Å². The first kappa shape index (κ1) is 77.2. The number of carbonyl (C=O) groups is 12. The molecule has 0 bridgehead atoms. The number of fused-ring (bicyclic) bond motifs is 18. The Labute approximate surface area is 666 Å². The number of nitrogens with two attached hydrogens (primary N) is 1. The maximum atomic E-state index is 12.4. The molecule has 0 saturated heterocycles. The van der Waals surface area contributed by atoms with Crippen molar-refractivity contribution in [1.82, 2.24) is 80.6 Å². The highest BCUT2D eigenvalue weighted by Gasteiger charge is 2.44. The zero-order valence-electron chi connectivity index (χ0n) is 63.4. The highest BCUT2D eigenvalue weighted by atomic mass is 16.6. The van der Waals surface area contributed by atoms with Crippen LogP contribution in [0.2, 0.25) is 0 Å². The predicted molar refractivity (Wildman–Crippen MR) is 417 cm³/mol. The standard InChI is InChI=1S/2C17H11N3O2.C13H10N4O4.C13H12N4O2.2C12H9N3O2/c21-16-13-9-5-4-8-12(13)14-15(17(16)22)20(19-18-14)10-11-6-2-1-3-7-11;21-16-13-9-5-4-8-12(13)14-15(17(16)22)19-20(18-14)10-11-6-2-1-3-7-11;1-6(2)16-14-10-8-4-3-7(17(20)21)5-9(8)12(18)13(19)11(10)15-16;1-6(2)17-15-10-8-4-3-7(14)5-9(8)12(18)13(19)11(10)16-17;1-2-15-10-9(13-14-15)7-5-3-4-6-8(7)11(16)12(10)17;1-2-15-13-9-7-5-3-4-6-8(7)11(16)12(17)10(9)14-15/h2*1-9H,10H2;3-6H,1-2H3;3-6H,14H2,1-2H3;2*3-6H,2H2,1H3/p+2. The zero-order valence-corrected chi connectivity index (χ0v) is 63.4. The van der Waals surface area contributed by atoms with Crippen LogP contribution in [0.3, 0.4) is 0 Å². The molecule has 8 aromatic carbocycles. The number of nitrogens with one attached hydrogen (secondary N) is 2. The summed E-state index contributed by atoms with van der Waals surface area (Å²) in [6.45, 7) is 13.3. The molecule has 0 fully saturated rings. The number of hydrogen-bond acceptors (Lipinski definition) is 25. The normalized spacial score (nSPS) is 13.3. The van der Waals surface area contributed by atoms with Gasteiger partial charge in [0.1, 0.15) is 35.9 Å². The van der Waals surface area contributed by atoms with E-state index in [1.807, 2.05) is 133 Å². The number of benzene rings is 8. The predicted octanol–water partition coefficient (Wildman–Crippen LogP) is 9.57. The van der Waals surface area contributed by atoms with Crippen LogP contribution in [0.15, 0.2) is 194 Å². The molecule has 4 N–H and O–H groups in total. The fraction of sp³-hybridized carbons (Fsp3) is 0.143. The first-order chi connectivity index (χ1) is 56.8. The third-order valence-corrected chi connectivity index (χ3v) is 19.5. The average molecular weight is 1580 g/mol. The second-order valence-corrected chi connectivity index (χ2v) is 27.7. The molecule has 0 unspecified atom stereocenters. The van der Waals surface area contributed by atoms with Gasteiger partial charge >= 0.3 is 0 Å². The van der Waals surface area contributed by atoms with E-state index in [0.29, 0.717) is 127 Å². The summed E-state index contributed by atoms with van der Waals surface area (Å²) in [7, 11) is 0. The number of anilines is 1. The van der Waals surface area contributed by atoms with Gasteiger partial charge in [0.25, 0.3) is 63.2 Å². The summed E-state index contributed by atoms with van der Waals surface area (Å²) in [4.78, 5) is 161. The van der Waals surface area contributed by atoms with Crippen molar-refractivity contribution >= 4 is 80.8 Å². The van der Waals surface area contributed by atoms with Gasteiger partial charge in [0.15, 0.2) is 22.8 Å². The molecule has 6 aliphatic carbocycles. The van der Waals surface area contributed by atoms with Crippen LogP contribution >= 0.6 is 0 Å². The molecule has 34 heteroatoms. The summed E-state index contributed by atoms with van der Waals surface area (Å²) in [5.74, 6) is -6.92. The number of carbonyl (C=O) groups excluding carboxylic acids is 12. The number of aryl methyl sites for hydroxylation is 2. The van der Waals surface area contributed by atoms with Crippen LogP contribution < -0.4 is 15.1 Å². The Morgan fingerprint density at radius 1 is 0.347 bits per heavy atom. The van der Waals surface area contributed by atoms with E-state index in [1.165, 1.54) is 37.4 Å². The smallest absolute Gasteiger partial charge is 0.279 e. The summed E-state index contributed by atoms with van der Waals surface area (Å²) in [5.41, 5.74) is 17.6. The molecule has 0 atom stereocenters. The SMILES string of the molecule is CC(C)n1nc2c(n1)-c1ccc(N)cc1C(=O)C2=O.CC(C)n1nc2c(n1)-c1ccc([N+](=O)[O-])cc1C(=O)C2=O.CC[n+]1[nH]nc2c1C(=O)C(=O)c1ccccc1-2.CCn1nc2c(n1)-c1ccccc1C(=O)C2=O.O=C1C(=O)c2c(n[nH][n+]2Cc2ccccc2)-c2ccccc21.O=C1C(=O)c2nn(Cc3ccccc3)nc2-c2ccccc21. The molecule has 582 valence electrons. The Morgan fingerprint density at radius 3 is 1.10 bits per heavy atom. The minimum Gasteiger partial charge on any atom is -0.399 e. The first-order valence-electron chi connectivity index (χ1n) is 36.8. The van der Waals surface area contributed by atoms with Crippen molar-refractivity contribution in [2.45, 2.75) is 79.8 Å². The summed E-state index contributed by atoms with van der Waals surface area (Å²) in [6.07, 6.45) is 0. The van der Waals surface area contributed by atoms with Crippen LogP contribution in [0.4, 0.5) is 11.4 Å². The second-order valence-electron chi connectivity index (χ2n) is 27.7. The van der Waals surface area contributed by atoms with Gasteiger partial charge in [-0.05, 0) is 89.1 Å². The molecule has 0 radical (unpaired) electrons. The molecule has 20 rings (SSSR count). The Balaban J connectivity index is 0.000000111. The molecular formula is C84H64N20O14+2. The number of nitrogen functional groups attached to an aromatic ring is 1. The van der Waals surface area contributed by atoms with Crippen molar-refractivity contribution in [3.05, 3.63) is 283 Å². The first-order valence-corrected chi connectivity index (χ1v) is 36.8. The number of nitro groups is 1. The number of aromatic nitrogens is 18. The van der Waals surface area contributed by atoms with Crippen LogP contribution in [0.25, 0.3) is 67.5 Å². The van der Waals surface area contributed by atoms with E-state index in [1.54, 1.807) is 88.2 Å². The van der Waals surface area contributed by atoms with Crippen LogP contribution in [-0.4, -0.2) is 155 Å². The van der Waals surface area contributed by atoms with E-state index in [2.05, 4.69) is 61.4 Å². The van der Waals surface area contributed by atoms with Gasteiger partial charge in [0.2, 0.25) is 34.7 Å². The lowest BCUT2D eigenvalue weighted by molar-refractivity contribution is -0.751. The summed E-state index contributed by atoms with van der Waals surface area (Å²) in [6, 6.07) is 56.2. The zero-order chi connectivity index (χ0) is 83.2. The summed E-state index contributed by atoms with van der Waals surface area (Å²) >= 11 is 0. The van der Waals surface area contributed by atoms with Crippen molar-refractivity contribution in [2.24, 2.45) is 0 Å². The number of H-pyrrole nitrogens is 2. The number of nitro benzene ring substituents is 1. The fourth-order valence-corrected chi connectivity index (χ4v) is 13.7. The maximum Gasteiger partial charge on any atom is 0.279 e. The van der Waals surface area contributed by atoms with Gasteiger partial charge in [-0.2, -0.15) is 44.3 Å². The van der Waals surface area contributed by atoms with E-state index in [-0.39, 0.29) is 51.8 Å². The molecule has 0 saturated carbocycles. The number of ketones is 12. The highest BCUT2D eigenvalue weighted by Crippen LogP contribution is 2.38. The molecular weight excluding hydrogens is 1510 g/mol. The molecule has 0 spiro atoms. The third-order valence-electron chi connectivity index (χ3n) is 19.5. The van der Waals surface area contributed by atoms with Crippen LogP contribution in [0.5, 0.6) is 0 Å². The van der Waals surface area contributed by atoms with Gasteiger partial charge in [-0.1, -0.05) is 156 Å². The fourth-order valence-electron chi connectivity index (χ4n) is 13.7. The molecule has 0 amide bonds. The number of nitrogens with zero attached hydrogens (tertiary/aromatic N) is 17. The van der Waals surface area contributed by atoms with Gasteiger partial charge in [-0.25, -0.2) is 0 Å². The molecule has 0 aliphatic heterocycles. The molecule has 34 nitrogen and oxygen atoms in total. The Morgan fingerprint density at radius 2 is 0.669 bits per heavy atom. The number of hydrogen-bond donors (Lipinski definition) is 3. The minimum atomic E-state index is -0.794. The van der Waals surface area contributed by atoms with Crippen LogP contribution in [-0.2, 0) is 26.2 Å². The van der Waals surface area contributed by atoms with Crippen molar-refractivity contribution < 1.29 is 71.8 Å². The van der Waals surface area contributed by atoms with E-state index >= 15 is 0 Å². The second kappa shape index (κ2) is 31.4. The van der Waals surface area contributed by atoms with Crippen molar-refractivity contribution in [2.75, 3.05) is 5.73 Å².